The molecule has 1 aromatic carbocycles. The fourth-order valence-electron chi connectivity index (χ4n) is 3.69. The summed E-state index contributed by atoms with van der Waals surface area (Å²) < 4.78 is 15.7. The van der Waals surface area contributed by atoms with Crippen LogP contribution in [0.1, 0.15) is 17.1 Å². The molecule has 8 heteroatoms. The number of nitrogens with one attached hydrogen (secondary N) is 3. The molecule has 27 heavy (non-hydrogen) atoms. The number of aromatic nitrogens is 5. The van der Waals surface area contributed by atoms with Crippen LogP contribution < -0.4 is 10.6 Å². The van der Waals surface area contributed by atoms with Crippen molar-refractivity contribution in [1.29, 1.82) is 0 Å². The molecule has 3 N–H and O–H groups in total. The molecule has 4 heterocycles. The Balaban J connectivity index is 1.41. The van der Waals surface area contributed by atoms with Crippen LogP contribution in [0.4, 0.5) is 10.2 Å². The molecule has 0 unspecified atom stereocenters. The molecule has 3 aromatic heterocycles. The van der Waals surface area contributed by atoms with Gasteiger partial charge >= 0.3 is 0 Å². The van der Waals surface area contributed by atoms with Gasteiger partial charge in [-0.15, -0.1) is 0 Å². The van der Waals surface area contributed by atoms with Gasteiger partial charge in [-0.1, -0.05) is 6.07 Å². The Morgan fingerprint density at radius 1 is 1.15 bits per heavy atom. The van der Waals surface area contributed by atoms with Gasteiger partial charge in [-0.3, -0.25) is 0 Å². The van der Waals surface area contributed by atoms with Gasteiger partial charge in [0.05, 0.1) is 17.4 Å². The number of fused-ring (bicyclic) bond motifs is 3. The summed E-state index contributed by atoms with van der Waals surface area (Å²) in [6, 6.07) is 6.88. The Labute approximate surface area is 155 Å². The van der Waals surface area contributed by atoms with Crippen molar-refractivity contribution in [2.24, 2.45) is 0 Å². The molecule has 0 atom stereocenters. The van der Waals surface area contributed by atoms with Crippen molar-refractivity contribution < 1.29 is 4.39 Å². The summed E-state index contributed by atoms with van der Waals surface area (Å²) in [6.45, 7) is 2.54. The number of benzene rings is 1. The third-order valence-corrected chi connectivity index (χ3v) is 4.98. The van der Waals surface area contributed by atoms with Crippen LogP contribution in [0.25, 0.3) is 16.7 Å². The lowest BCUT2D eigenvalue weighted by molar-refractivity contribution is 0.637. The van der Waals surface area contributed by atoms with Crippen LogP contribution >= 0.6 is 0 Å². The second-order valence-electron chi connectivity index (χ2n) is 6.73. The molecule has 1 aliphatic rings. The van der Waals surface area contributed by atoms with Gasteiger partial charge in [-0.05, 0) is 25.1 Å². The Hall–Kier alpha value is -3.00. The first kappa shape index (κ1) is 16.2. The minimum absolute atomic E-state index is 0.298. The number of nitrogens with zero attached hydrogens (tertiary/aromatic N) is 4. The van der Waals surface area contributed by atoms with Crippen molar-refractivity contribution in [3.8, 4) is 0 Å². The zero-order valence-corrected chi connectivity index (χ0v) is 14.8. The summed E-state index contributed by atoms with van der Waals surface area (Å²) in [5.74, 6) is 1.46. The van der Waals surface area contributed by atoms with E-state index in [0.717, 1.165) is 54.4 Å². The maximum absolute atomic E-state index is 13.8. The second-order valence-corrected chi connectivity index (χ2v) is 6.73. The summed E-state index contributed by atoms with van der Waals surface area (Å²) in [7, 11) is 0. The van der Waals surface area contributed by atoms with Crippen LogP contribution in [-0.2, 0) is 19.3 Å². The molecule has 0 aliphatic carbocycles. The van der Waals surface area contributed by atoms with Crippen molar-refractivity contribution in [2.75, 3.05) is 25.0 Å². The highest BCUT2D eigenvalue weighted by molar-refractivity contribution is 5.75. The Morgan fingerprint density at radius 3 is 3.00 bits per heavy atom. The highest BCUT2D eigenvalue weighted by Crippen LogP contribution is 2.23. The van der Waals surface area contributed by atoms with E-state index in [0.29, 0.717) is 18.5 Å². The number of halogens is 1. The summed E-state index contributed by atoms with van der Waals surface area (Å²) in [5.41, 5.74) is 4.31. The van der Waals surface area contributed by atoms with Gasteiger partial charge in [0.2, 0.25) is 0 Å². The molecule has 0 amide bonds. The lowest BCUT2D eigenvalue weighted by Gasteiger charge is -2.15. The number of imidazole rings is 1. The van der Waals surface area contributed by atoms with E-state index in [1.54, 1.807) is 12.3 Å². The van der Waals surface area contributed by atoms with E-state index in [1.807, 2.05) is 16.6 Å². The monoisotopic (exact) mass is 365 g/mol. The molecule has 4 aromatic rings. The smallest absolute Gasteiger partial charge is 0.157 e. The van der Waals surface area contributed by atoms with Crippen LogP contribution in [0.3, 0.4) is 0 Å². The lowest BCUT2D eigenvalue weighted by atomic mass is 10.1. The Bertz CT molecular complexity index is 1110. The lowest BCUT2D eigenvalue weighted by Crippen LogP contribution is -2.17. The molecular weight excluding hydrogens is 345 g/mol. The topological polar surface area (TPSA) is 82.9 Å². The Morgan fingerprint density at radius 2 is 2.07 bits per heavy atom. The first-order chi connectivity index (χ1) is 13.3. The van der Waals surface area contributed by atoms with Crippen LogP contribution in [0, 0.1) is 5.82 Å². The van der Waals surface area contributed by atoms with Crippen molar-refractivity contribution in [1.82, 2.24) is 29.9 Å². The van der Waals surface area contributed by atoms with E-state index < -0.39 is 0 Å². The van der Waals surface area contributed by atoms with Gasteiger partial charge in [0.1, 0.15) is 17.2 Å². The average molecular weight is 365 g/mol. The van der Waals surface area contributed by atoms with E-state index in [4.69, 9.17) is 4.98 Å². The zero-order valence-electron chi connectivity index (χ0n) is 14.8. The largest absolute Gasteiger partial charge is 0.369 e. The molecule has 138 valence electrons. The average Bonchev–Trinajstić information content (AvgIpc) is 3.23. The summed E-state index contributed by atoms with van der Waals surface area (Å²) in [6.07, 6.45) is 4.25. The molecule has 5 rings (SSSR count). The normalized spacial score (nSPS) is 14.4. The predicted octanol–water partition coefficient (Wildman–Crippen LogP) is 2.09. The number of rotatable bonds is 4. The summed E-state index contributed by atoms with van der Waals surface area (Å²) >= 11 is 0. The molecule has 1 aliphatic heterocycles. The van der Waals surface area contributed by atoms with E-state index in [-0.39, 0.29) is 5.82 Å². The van der Waals surface area contributed by atoms with Crippen LogP contribution in [0.5, 0.6) is 0 Å². The molecule has 0 radical (unpaired) electrons. The molecule has 0 saturated heterocycles. The van der Waals surface area contributed by atoms with E-state index in [9.17, 15) is 4.39 Å². The number of para-hydroxylation sites is 1. The number of aromatic amines is 1. The van der Waals surface area contributed by atoms with Crippen LogP contribution in [-0.4, -0.2) is 44.2 Å². The SMILES string of the molecule is Fc1cccc2[nH]c(CCNc3c4c(nc5ccnn35)CCNCC4)nc12. The molecule has 0 saturated carbocycles. The number of hydrogen-bond acceptors (Lipinski definition) is 5. The van der Waals surface area contributed by atoms with Gasteiger partial charge in [-0.2, -0.15) is 9.61 Å². The minimum atomic E-state index is -0.298. The van der Waals surface area contributed by atoms with Crippen molar-refractivity contribution in [3.05, 3.63) is 53.4 Å². The van der Waals surface area contributed by atoms with E-state index >= 15 is 0 Å². The number of H-pyrrole nitrogens is 1. The zero-order chi connectivity index (χ0) is 18.2. The highest BCUT2D eigenvalue weighted by Gasteiger charge is 2.17. The van der Waals surface area contributed by atoms with Gasteiger partial charge in [0, 0.05) is 37.6 Å². The minimum Gasteiger partial charge on any atom is -0.369 e. The molecule has 0 bridgehead atoms. The number of hydrogen-bond donors (Lipinski definition) is 3. The first-order valence-corrected chi connectivity index (χ1v) is 9.23. The number of anilines is 1. The molecule has 7 nitrogen and oxygen atoms in total. The fraction of sp³-hybridized carbons (Fsp3) is 0.316. The summed E-state index contributed by atoms with van der Waals surface area (Å²) in [4.78, 5) is 12.3. The van der Waals surface area contributed by atoms with E-state index in [1.165, 1.54) is 11.6 Å². The molecule has 0 spiro atoms. The van der Waals surface area contributed by atoms with E-state index in [2.05, 4.69) is 25.7 Å². The molecule has 0 fully saturated rings. The maximum atomic E-state index is 13.8. The first-order valence-electron chi connectivity index (χ1n) is 9.23. The molecular formula is C19H20FN7. The standard InChI is InChI=1S/C19H20FN7/c20-13-2-1-3-15-18(13)26-16(24-15)6-10-22-19-12-4-8-21-9-5-14(12)25-17-7-11-23-27(17)19/h1-3,7,11,21-22H,4-6,8-10H2,(H,24,26). The third kappa shape index (κ3) is 2.91. The second kappa shape index (κ2) is 6.62. The van der Waals surface area contributed by atoms with Gasteiger partial charge in [-0.25, -0.2) is 14.4 Å². The van der Waals surface area contributed by atoms with Crippen molar-refractivity contribution >= 4 is 22.5 Å². The van der Waals surface area contributed by atoms with Gasteiger partial charge < -0.3 is 15.6 Å². The van der Waals surface area contributed by atoms with Crippen LogP contribution in [0.15, 0.2) is 30.5 Å². The Kier molecular flexibility index (Phi) is 3.97. The predicted molar refractivity (Wildman–Crippen MR) is 102 cm³/mol. The van der Waals surface area contributed by atoms with Crippen molar-refractivity contribution in [3.63, 3.8) is 0 Å². The van der Waals surface area contributed by atoms with Crippen molar-refractivity contribution in [2.45, 2.75) is 19.3 Å². The quantitative estimate of drug-likeness (QED) is 0.516. The highest BCUT2D eigenvalue weighted by atomic mass is 19.1. The third-order valence-electron chi connectivity index (χ3n) is 4.98. The summed E-state index contributed by atoms with van der Waals surface area (Å²) in [5, 5.41) is 11.4. The van der Waals surface area contributed by atoms with Crippen LogP contribution in [0.2, 0.25) is 0 Å². The van der Waals surface area contributed by atoms with Gasteiger partial charge in [0.15, 0.2) is 11.5 Å². The maximum Gasteiger partial charge on any atom is 0.157 e. The fourth-order valence-corrected chi connectivity index (χ4v) is 3.69. The van der Waals surface area contributed by atoms with Gasteiger partial charge in [0.25, 0.3) is 0 Å².